The summed E-state index contributed by atoms with van der Waals surface area (Å²) in [6.07, 6.45) is 0. The Morgan fingerprint density at radius 2 is 1.83 bits per heavy atom. The molecule has 150 valence electrons. The predicted octanol–water partition coefficient (Wildman–Crippen LogP) is 4.59. The second-order valence-electron chi connectivity index (χ2n) is 7.14. The van der Waals surface area contributed by atoms with Crippen LogP contribution in [0.4, 0.5) is 11.5 Å². The summed E-state index contributed by atoms with van der Waals surface area (Å²) in [5, 5.41) is 11.5. The zero-order chi connectivity index (χ0) is 20.8. The number of aryl methyl sites for hydroxylation is 1. The van der Waals surface area contributed by atoms with Crippen molar-refractivity contribution in [3.05, 3.63) is 77.5 Å². The number of benzene rings is 2. The molecule has 2 aromatic carbocycles. The van der Waals surface area contributed by atoms with Crippen molar-refractivity contribution in [2.75, 3.05) is 12.4 Å². The van der Waals surface area contributed by atoms with Crippen LogP contribution in [0.3, 0.4) is 0 Å². The molecule has 0 fully saturated rings. The number of nitrogens with zero attached hydrogens (tertiary/aromatic N) is 3. The molecule has 0 saturated carbocycles. The lowest BCUT2D eigenvalue weighted by molar-refractivity contribution is 0.0683. The number of carbonyl (C=O) groups is 1. The Hall–Kier alpha value is -3.41. The average molecular weight is 390 g/mol. The Balaban J connectivity index is 1.76. The smallest absolute Gasteiger partial charge is 0.274 e. The van der Waals surface area contributed by atoms with Gasteiger partial charge in [-0.25, -0.2) is 0 Å². The van der Waals surface area contributed by atoms with Crippen molar-refractivity contribution in [1.29, 1.82) is 0 Å². The van der Waals surface area contributed by atoms with E-state index in [1.165, 1.54) is 0 Å². The number of methoxy groups -OCH3 is 1. The Bertz CT molecular complexity index is 956. The lowest BCUT2D eigenvalue weighted by atomic mass is 10.1. The highest BCUT2D eigenvalue weighted by molar-refractivity contribution is 5.92. The van der Waals surface area contributed by atoms with Crippen molar-refractivity contribution >= 4 is 17.4 Å². The summed E-state index contributed by atoms with van der Waals surface area (Å²) in [5.74, 6) is 1.12. The molecule has 3 rings (SSSR count). The van der Waals surface area contributed by atoms with Gasteiger partial charge in [0.1, 0.15) is 5.75 Å². The average Bonchev–Trinajstić information content (AvgIpc) is 2.73. The molecule has 0 saturated heterocycles. The van der Waals surface area contributed by atoms with Crippen LogP contribution in [0.2, 0.25) is 0 Å². The number of aromatic nitrogens is 2. The molecule has 0 unspecified atom stereocenters. The van der Waals surface area contributed by atoms with E-state index in [0.717, 1.165) is 16.8 Å². The number of hydrogen-bond donors (Lipinski definition) is 1. The molecule has 1 heterocycles. The van der Waals surface area contributed by atoms with E-state index in [1.54, 1.807) is 24.1 Å². The first-order chi connectivity index (χ1) is 14.0. The first-order valence-electron chi connectivity index (χ1n) is 9.58. The number of ether oxygens (including phenoxy) is 1. The molecular weight excluding hydrogens is 364 g/mol. The summed E-state index contributed by atoms with van der Waals surface area (Å²) in [4.78, 5) is 14.8. The molecule has 1 amide bonds. The lowest BCUT2D eigenvalue weighted by Gasteiger charge is -2.26. The molecule has 0 aliphatic carbocycles. The van der Waals surface area contributed by atoms with Gasteiger partial charge in [-0.3, -0.25) is 4.79 Å². The van der Waals surface area contributed by atoms with Crippen LogP contribution in [0.15, 0.2) is 60.7 Å². The fourth-order valence-corrected chi connectivity index (χ4v) is 2.99. The van der Waals surface area contributed by atoms with Crippen LogP contribution in [0.5, 0.6) is 5.75 Å². The lowest BCUT2D eigenvalue weighted by Crippen LogP contribution is -2.37. The van der Waals surface area contributed by atoms with Gasteiger partial charge in [0.05, 0.1) is 12.8 Å². The van der Waals surface area contributed by atoms with Crippen LogP contribution in [0, 0.1) is 6.92 Å². The van der Waals surface area contributed by atoms with Gasteiger partial charge in [0, 0.05) is 12.6 Å². The van der Waals surface area contributed by atoms with Gasteiger partial charge < -0.3 is 15.0 Å². The van der Waals surface area contributed by atoms with E-state index in [9.17, 15) is 4.79 Å². The number of rotatable bonds is 7. The van der Waals surface area contributed by atoms with E-state index in [4.69, 9.17) is 4.74 Å². The number of hydrogen-bond acceptors (Lipinski definition) is 5. The molecular formula is C23H26N4O2. The van der Waals surface area contributed by atoms with Crippen molar-refractivity contribution in [1.82, 2.24) is 15.1 Å². The maximum Gasteiger partial charge on any atom is 0.274 e. The molecule has 3 aromatic rings. The van der Waals surface area contributed by atoms with Crippen LogP contribution in [0.25, 0.3) is 0 Å². The van der Waals surface area contributed by atoms with Crippen molar-refractivity contribution in [2.45, 2.75) is 33.4 Å². The summed E-state index contributed by atoms with van der Waals surface area (Å²) >= 11 is 0. The van der Waals surface area contributed by atoms with Gasteiger partial charge >= 0.3 is 0 Å². The Morgan fingerprint density at radius 3 is 2.45 bits per heavy atom. The third kappa shape index (κ3) is 5.10. The molecule has 0 radical (unpaired) electrons. The Kier molecular flexibility index (Phi) is 6.44. The van der Waals surface area contributed by atoms with Gasteiger partial charge in [0.15, 0.2) is 11.5 Å². The quantitative estimate of drug-likeness (QED) is 0.639. The number of carbonyl (C=O) groups excluding carboxylic acids is 1. The van der Waals surface area contributed by atoms with E-state index >= 15 is 0 Å². The molecule has 6 heteroatoms. The molecule has 1 aromatic heterocycles. The summed E-state index contributed by atoms with van der Waals surface area (Å²) in [7, 11) is 1.62. The second-order valence-corrected chi connectivity index (χ2v) is 7.14. The van der Waals surface area contributed by atoms with Crippen LogP contribution < -0.4 is 10.1 Å². The number of anilines is 2. The fraction of sp³-hybridized carbons (Fsp3) is 0.261. The SMILES string of the molecule is COc1ccc(C)cc1Nc1ccc(C(=O)N(Cc2ccccc2)C(C)C)nn1. The Morgan fingerprint density at radius 1 is 1.07 bits per heavy atom. The fourth-order valence-electron chi connectivity index (χ4n) is 2.99. The van der Waals surface area contributed by atoms with Crippen LogP contribution in [-0.4, -0.2) is 34.2 Å². The molecule has 0 aliphatic rings. The van der Waals surface area contributed by atoms with Gasteiger partial charge in [-0.05, 0) is 56.2 Å². The molecule has 29 heavy (non-hydrogen) atoms. The van der Waals surface area contributed by atoms with Gasteiger partial charge in [-0.1, -0.05) is 36.4 Å². The minimum atomic E-state index is -0.143. The molecule has 0 atom stereocenters. The third-order valence-electron chi connectivity index (χ3n) is 4.58. The van der Waals surface area contributed by atoms with E-state index < -0.39 is 0 Å². The van der Waals surface area contributed by atoms with Crippen molar-refractivity contribution in [2.24, 2.45) is 0 Å². The van der Waals surface area contributed by atoms with Gasteiger partial charge in [0.25, 0.3) is 5.91 Å². The summed E-state index contributed by atoms with van der Waals surface area (Å²) < 4.78 is 5.38. The highest BCUT2D eigenvalue weighted by Crippen LogP contribution is 2.27. The van der Waals surface area contributed by atoms with E-state index in [1.807, 2.05) is 69.3 Å². The first kappa shape index (κ1) is 20.3. The second kappa shape index (κ2) is 9.19. The number of amides is 1. The van der Waals surface area contributed by atoms with Gasteiger partial charge in [0.2, 0.25) is 0 Å². The maximum absolute atomic E-state index is 13.0. The van der Waals surface area contributed by atoms with E-state index in [-0.39, 0.29) is 11.9 Å². The van der Waals surface area contributed by atoms with Crippen LogP contribution in [0.1, 0.15) is 35.5 Å². The molecule has 1 N–H and O–H groups in total. The van der Waals surface area contributed by atoms with Crippen LogP contribution in [-0.2, 0) is 6.54 Å². The monoisotopic (exact) mass is 390 g/mol. The highest BCUT2D eigenvalue weighted by atomic mass is 16.5. The van der Waals surface area contributed by atoms with Gasteiger partial charge in [-0.2, -0.15) is 0 Å². The molecule has 6 nitrogen and oxygen atoms in total. The Labute approximate surface area is 171 Å². The summed E-state index contributed by atoms with van der Waals surface area (Å²) in [6, 6.07) is 19.3. The standard InChI is InChI=1S/C23H26N4O2/c1-16(2)27(15-18-8-6-5-7-9-18)23(28)19-11-13-22(26-25-19)24-20-14-17(3)10-12-21(20)29-4/h5-14,16H,15H2,1-4H3,(H,24,26). The summed E-state index contributed by atoms with van der Waals surface area (Å²) in [5.41, 5.74) is 3.29. The normalized spacial score (nSPS) is 10.7. The molecule has 0 aliphatic heterocycles. The van der Waals surface area contributed by atoms with Crippen LogP contribution >= 0.6 is 0 Å². The zero-order valence-corrected chi connectivity index (χ0v) is 17.2. The largest absolute Gasteiger partial charge is 0.495 e. The van der Waals surface area contributed by atoms with Crippen molar-refractivity contribution in [3.8, 4) is 5.75 Å². The minimum Gasteiger partial charge on any atom is -0.495 e. The minimum absolute atomic E-state index is 0.0406. The van der Waals surface area contributed by atoms with E-state index in [2.05, 4.69) is 15.5 Å². The van der Waals surface area contributed by atoms with E-state index in [0.29, 0.717) is 23.8 Å². The number of nitrogens with one attached hydrogen (secondary N) is 1. The van der Waals surface area contributed by atoms with Gasteiger partial charge in [-0.15, -0.1) is 10.2 Å². The van der Waals surface area contributed by atoms with Crippen molar-refractivity contribution in [3.63, 3.8) is 0 Å². The summed E-state index contributed by atoms with van der Waals surface area (Å²) in [6.45, 7) is 6.52. The third-order valence-corrected chi connectivity index (χ3v) is 4.58. The zero-order valence-electron chi connectivity index (χ0n) is 17.2. The van der Waals surface area contributed by atoms with Crippen molar-refractivity contribution < 1.29 is 9.53 Å². The molecule has 0 spiro atoms. The molecule has 0 bridgehead atoms. The first-order valence-corrected chi connectivity index (χ1v) is 9.58. The maximum atomic E-state index is 13.0. The highest BCUT2D eigenvalue weighted by Gasteiger charge is 2.21. The topological polar surface area (TPSA) is 67.3 Å². The predicted molar refractivity (Wildman–Crippen MR) is 114 cm³/mol.